The zero-order valence-electron chi connectivity index (χ0n) is 9.51. The maximum absolute atomic E-state index is 13.0. The number of ether oxygens (including phenoxy) is 1. The molecule has 1 rings (SSSR count). The fourth-order valence-corrected chi connectivity index (χ4v) is 1.58. The monoisotopic (exact) mass is 221 g/mol. The Morgan fingerprint density at radius 2 is 2.00 bits per heavy atom. The third-order valence-electron chi connectivity index (χ3n) is 2.16. The summed E-state index contributed by atoms with van der Waals surface area (Å²) in [5.74, 6) is -2.78. The van der Waals surface area contributed by atoms with E-state index in [0.29, 0.717) is 0 Å². The molecule has 1 heterocycles. The van der Waals surface area contributed by atoms with E-state index in [-0.39, 0.29) is 6.42 Å². The maximum atomic E-state index is 13.0. The number of hydrogen-bond donors (Lipinski definition) is 0. The molecule has 1 fully saturated rings. The molecule has 88 valence electrons. The van der Waals surface area contributed by atoms with Crippen molar-refractivity contribution in [3.8, 4) is 0 Å². The SMILES string of the molecule is C[C@@H]1CC(F)(F)CN1C(=O)OC(C)(C)C. The van der Waals surface area contributed by atoms with Gasteiger partial charge in [0.2, 0.25) is 0 Å². The Bertz CT molecular complexity index is 261. The molecule has 0 radical (unpaired) electrons. The molecule has 15 heavy (non-hydrogen) atoms. The Labute approximate surface area is 88.4 Å². The highest BCUT2D eigenvalue weighted by Crippen LogP contribution is 2.32. The lowest BCUT2D eigenvalue weighted by molar-refractivity contribution is -0.00231. The molecule has 1 amide bonds. The molecule has 5 heteroatoms. The van der Waals surface area contributed by atoms with Gasteiger partial charge in [-0.25, -0.2) is 13.6 Å². The van der Waals surface area contributed by atoms with E-state index in [1.165, 1.54) is 0 Å². The average molecular weight is 221 g/mol. The van der Waals surface area contributed by atoms with Gasteiger partial charge in [0.15, 0.2) is 0 Å². The zero-order valence-corrected chi connectivity index (χ0v) is 9.51. The molecule has 0 bridgehead atoms. The lowest BCUT2D eigenvalue weighted by atomic mass is 10.2. The number of amides is 1. The lowest BCUT2D eigenvalue weighted by Crippen LogP contribution is -2.39. The lowest BCUT2D eigenvalue weighted by Gasteiger charge is -2.26. The second kappa shape index (κ2) is 3.61. The summed E-state index contributed by atoms with van der Waals surface area (Å²) < 4.78 is 31.0. The second-order valence-electron chi connectivity index (χ2n) is 5.02. The van der Waals surface area contributed by atoms with Crippen molar-refractivity contribution in [2.45, 2.75) is 51.7 Å². The molecule has 0 aromatic rings. The Hall–Kier alpha value is -0.870. The smallest absolute Gasteiger partial charge is 0.410 e. The van der Waals surface area contributed by atoms with Crippen molar-refractivity contribution in [2.24, 2.45) is 0 Å². The van der Waals surface area contributed by atoms with E-state index in [9.17, 15) is 13.6 Å². The summed E-state index contributed by atoms with van der Waals surface area (Å²) in [6, 6.07) is -0.463. The maximum Gasteiger partial charge on any atom is 0.410 e. The summed E-state index contributed by atoms with van der Waals surface area (Å²) in [4.78, 5) is 12.6. The second-order valence-corrected chi connectivity index (χ2v) is 5.02. The molecule has 1 aliphatic rings. The summed E-state index contributed by atoms with van der Waals surface area (Å²) in [7, 11) is 0. The van der Waals surface area contributed by atoms with Crippen molar-refractivity contribution in [2.75, 3.05) is 6.54 Å². The molecule has 0 N–H and O–H groups in total. The highest BCUT2D eigenvalue weighted by Gasteiger charge is 2.46. The molecule has 1 saturated heterocycles. The van der Waals surface area contributed by atoms with E-state index >= 15 is 0 Å². The molecular weight excluding hydrogens is 204 g/mol. The minimum absolute atomic E-state index is 0.285. The number of carbonyl (C=O) groups excluding carboxylic acids is 1. The van der Waals surface area contributed by atoms with Gasteiger partial charge in [-0.05, 0) is 27.7 Å². The minimum atomic E-state index is -2.78. The number of hydrogen-bond acceptors (Lipinski definition) is 2. The third-order valence-corrected chi connectivity index (χ3v) is 2.16. The number of carbonyl (C=O) groups is 1. The van der Waals surface area contributed by atoms with Crippen LogP contribution in [-0.4, -0.2) is 35.1 Å². The van der Waals surface area contributed by atoms with Crippen molar-refractivity contribution in [3.63, 3.8) is 0 Å². The number of halogens is 2. The first-order valence-corrected chi connectivity index (χ1v) is 4.98. The molecule has 0 spiro atoms. The summed E-state index contributed by atoms with van der Waals surface area (Å²) in [6.45, 7) is 6.20. The van der Waals surface area contributed by atoms with Crippen LogP contribution < -0.4 is 0 Å². The van der Waals surface area contributed by atoms with Crippen LogP contribution in [0.25, 0.3) is 0 Å². The van der Waals surface area contributed by atoms with Crippen LogP contribution in [0.15, 0.2) is 0 Å². The molecule has 1 aliphatic heterocycles. The first-order chi connectivity index (χ1) is 6.61. The molecule has 0 aliphatic carbocycles. The number of rotatable bonds is 0. The Morgan fingerprint density at radius 3 is 2.33 bits per heavy atom. The van der Waals surface area contributed by atoms with Crippen LogP contribution in [0, 0.1) is 0 Å². The van der Waals surface area contributed by atoms with Gasteiger partial charge in [-0.1, -0.05) is 0 Å². The summed E-state index contributed by atoms with van der Waals surface area (Å²) >= 11 is 0. The standard InChI is InChI=1S/C10H17F2NO2/c1-7-5-10(11,12)6-13(7)8(14)15-9(2,3)4/h7H,5-6H2,1-4H3/t7-/m1/s1. The fourth-order valence-electron chi connectivity index (χ4n) is 1.58. The van der Waals surface area contributed by atoms with Gasteiger partial charge < -0.3 is 4.74 Å². The van der Waals surface area contributed by atoms with Gasteiger partial charge in [0.05, 0.1) is 6.54 Å². The van der Waals surface area contributed by atoms with Crippen LogP contribution in [0.1, 0.15) is 34.1 Å². The van der Waals surface area contributed by atoms with Gasteiger partial charge in [0, 0.05) is 12.5 Å². The largest absolute Gasteiger partial charge is 0.444 e. The Balaban J connectivity index is 2.62. The van der Waals surface area contributed by atoms with Crippen molar-refractivity contribution in [1.82, 2.24) is 4.90 Å². The fraction of sp³-hybridized carbons (Fsp3) is 0.900. The summed E-state index contributed by atoms with van der Waals surface area (Å²) in [5, 5.41) is 0. The predicted octanol–water partition coefficient (Wildman–Crippen LogP) is 2.65. The molecule has 0 aromatic heterocycles. The molecule has 3 nitrogen and oxygen atoms in total. The first kappa shape index (κ1) is 12.2. The predicted molar refractivity (Wildman–Crippen MR) is 52.0 cm³/mol. The molecular formula is C10H17F2NO2. The van der Waals surface area contributed by atoms with Crippen LogP contribution in [0.5, 0.6) is 0 Å². The van der Waals surface area contributed by atoms with Gasteiger partial charge in [0.1, 0.15) is 5.60 Å². The Morgan fingerprint density at radius 1 is 1.47 bits per heavy atom. The van der Waals surface area contributed by atoms with Crippen molar-refractivity contribution >= 4 is 6.09 Å². The van der Waals surface area contributed by atoms with Crippen molar-refractivity contribution < 1.29 is 18.3 Å². The molecule has 1 atom stereocenters. The normalized spacial score (nSPS) is 25.5. The van der Waals surface area contributed by atoms with E-state index < -0.39 is 30.2 Å². The average Bonchev–Trinajstić information content (AvgIpc) is 2.20. The third kappa shape index (κ3) is 3.32. The van der Waals surface area contributed by atoms with Crippen LogP contribution in [-0.2, 0) is 4.74 Å². The van der Waals surface area contributed by atoms with E-state index in [4.69, 9.17) is 4.74 Å². The Kier molecular flexibility index (Phi) is 2.94. The van der Waals surface area contributed by atoms with E-state index in [2.05, 4.69) is 0 Å². The first-order valence-electron chi connectivity index (χ1n) is 4.98. The van der Waals surface area contributed by atoms with Gasteiger partial charge in [0.25, 0.3) is 5.92 Å². The summed E-state index contributed by atoms with van der Waals surface area (Å²) in [6.07, 6.45) is -0.945. The van der Waals surface area contributed by atoms with Gasteiger partial charge >= 0.3 is 6.09 Å². The van der Waals surface area contributed by atoms with Crippen LogP contribution >= 0.6 is 0 Å². The van der Waals surface area contributed by atoms with Gasteiger partial charge in [-0.3, -0.25) is 4.90 Å². The van der Waals surface area contributed by atoms with E-state index in [1.54, 1.807) is 27.7 Å². The number of likely N-dealkylation sites (tertiary alicyclic amines) is 1. The highest BCUT2D eigenvalue weighted by atomic mass is 19.3. The topological polar surface area (TPSA) is 29.5 Å². The van der Waals surface area contributed by atoms with Crippen LogP contribution in [0.2, 0.25) is 0 Å². The van der Waals surface area contributed by atoms with Gasteiger partial charge in [-0.15, -0.1) is 0 Å². The van der Waals surface area contributed by atoms with Crippen molar-refractivity contribution in [1.29, 1.82) is 0 Å². The van der Waals surface area contributed by atoms with Gasteiger partial charge in [-0.2, -0.15) is 0 Å². The summed E-state index contributed by atoms with van der Waals surface area (Å²) in [5.41, 5.74) is -0.644. The number of nitrogens with zero attached hydrogens (tertiary/aromatic N) is 1. The van der Waals surface area contributed by atoms with E-state index in [0.717, 1.165) is 4.90 Å². The van der Waals surface area contributed by atoms with E-state index in [1.807, 2.05) is 0 Å². The zero-order chi connectivity index (χ0) is 11.9. The van der Waals surface area contributed by atoms with Crippen molar-refractivity contribution in [3.05, 3.63) is 0 Å². The molecule has 0 saturated carbocycles. The van der Waals surface area contributed by atoms with Crippen LogP contribution in [0.3, 0.4) is 0 Å². The minimum Gasteiger partial charge on any atom is -0.444 e. The highest BCUT2D eigenvalue weighted by molar-refractivity contribution is 5.69. The number of alkyl halides is 2. The molecule has 0 aromatic carbocycles. The quantitative estimate of drug-likeness (QED) is 0.629. The molecule has 0 unspecified atom stereocenters. The van der Waals surface area contributed by atoms with Crippen LogP contribution in [0.4, 0.5) is 13.6 Å².